The molecule has 72 valence electrons. The number of rotatable bonds is 2. The lowest BCUT2D eigenvalue weighted by atomic mass is 10.3. The van der Waals surface area contributed by atoms with Crippen molar-refractivity contribution in [2.24, 2.45) is 5.73 Å². The van der Waals surface area contributed by atoms with Crippen molar-refractivity contribution >= 4 is 0 Å². The average molecular weight is 191 g/mol. The fraction of sp³-hybridized carbons (Fsp3) is 0.100. The number of nitrogens with zero attached hydrogens (tertiary/aromatic N) is 2. The molecule has 1 heterocycles. The Balaban J connectivity index is 2.39. The highest BCUT2D eigenvalue weighted by molar-refractivity contribution is 5.31. The Hall–Kier alpha value is -1.68. The maximum Gasteiger partial charge on any atom is 0.125 e. The first-order chi connectivity index (χ1) is 6.79. The van der Waals surface area contributed by atoms with Gasteiger partial charge in [0, 0.05) is 12.7 Å². The van der Waals surface area contributed by atoms with Crippen molar-refractivity contribution in [3.63, 3.8) is 0 Å². The van der Waals surface area contributed by atoms with Crippen LogP contribution in [0.4, 0.5) is 4.39 Å². The zero-order chi connectivity index (χ0) is 9.97. The second-order valence-corrected chi connectivity index (χ2v) is 2.94. The molecule has 3 nitrogen and oxygen atoms in total. The molecule has 0 radical (unpaired) electrons. The number of nitrogens with two attached hydrogens (primary N) is 1. The van der Waals surface area contributed by atoms with Gasteiger partial charge in [-0.1, -0.05) is 6.07 Å². The van der Waals surface area contributed by atoms with Gasteiger partial charge in [-0.15, -0.1) is 0 Å². The second kappa shape index (κ2) is 3.59. The SMILES string of the molecule is NCc1ccn(-c2cccc(F)c2)n1. The van der Waals surface area contributed by atoms with Crippen molar-refractivity contribution in [1.82, 2.24) is 9.78 Å². The molecule has 0 aliphatic heterocycles. The molecule has 0 aliphatic carbocycles. The Morgan fingerprint density at radius 1 is 1.36 bits per heavy atom. The van der Waals surface area contributed by atoms with Gasteiger partial charge >= 0.3 is 0 Å². The van der Waals surface area contributed by atoms with E-state index in [0.717, 1.165) is 5.69 Å². The molecular weight excluding hydrogens is 181 g/mol. The normalized spacial score (nSPS) is 10.4. The summed E-state index contributed by atoms with van der Waals surface area (Å²) in [4.78, 5) is 0. The van der Waals surface area contributed by atoms with Crippen molar-refractivity contribution in [1.29, 1.82) is 0 Å². The van der Waals surface area contributed by atoms with Crippen LogP contribution in [0.5, 0.6) is 0 Å². The van der Waals surface area contributed by atoms with Gasteiger partial charge in [0.25, 0.3) is 0 Å². The first kappa shape index (κ1) is 8.90. The minimum Gasteiger partial charge on any atom is -0.325 e. The van der Waals surface area contributed by atoms with E-state index < -0.39 is 0 Å². The molecule has 1 aromatic heterocycles. The average Bonchev–Trinajstić information content (AvgIpc) is 2.66. The first-order valence-electron chi connectivity index (χ1n) is 4.30. The lowest BCUT2D eigenvalue weighted by molar-refractivity contribution is 0.625. The number of benzene rings is 1. The highest BCUT2D eigenvalue weighted by atomic mass is 19.1. The largest absolute Gasteiger partial charge is 0.325 e. The van der Waals surface area contributed by atoms with Gasteiger partial charge in [0.15, 0.2) is 0 Å². The van der Waals surface area contributed by atoms with Gasteiger partial charge < -0.3 is 5.73 Å². The monoisotopic (exact) mass is 191 g/mol. The summed E-state index contributed by atoms with van der Waals surface area (Å²) in [6.07, 6.45) is 1.76. The number of halogens is 1. The third-order valence-corrected chi connectivity index (χ3v) is 1.93. The number of aromatic nitrogens is 2. The molecule has 0 bridgehead atoms. The lowest BCUT2D eigenvalue weighted by Crippen LogP contribution is -2.00. The van der Waals surface area contributed by atoms with Gasteiger partial charge in [-0.05, 0) is 24.3 Å². The van der Waals surface area contributed by atoms with Gasteiger partial charge in [-0.3, -0.25) is 0 Å². The van der Waals surface area contributed by atoms with E-state index in [1.807, 2.05) is 6.07 Å². The van der Waals surface area contributed by atoms with Crippen LogP contribution in [0.25, 0.3) is 5.69 Å². The zero-order valence-corrected chi connectivity index (χ0v) is 7.52. The highest BCUT2D eigenvalue weighted by Crippen LogP contribution is 2.09. The van der Waals surface area contributed by atoms with Crippen molar-refractivity contribution in [2.75, 3.05) is 0 Å². The number of hydrogen-bond acceptors (Lipinski definition) is 2. The molecule has 0 amide bonds. The third kappa shape index (κ3) is 1.65. The van der Waals surface area contributed by atoms with Crippen molar-refractivity contribution in [3.05, 3.63) is 48.0 Å². The first-order valence-corrected chi connectivity index (χ1v) is 4.30. The summed E-state index contributed by atoms with van der Waals surface area (Å²) in [5.74, 6) is -0.271. The van der Waals surface area contributed by atoms with Gasteiger partial charge in [0.2, 0.25) is 0 Å². The van der Waals surface area contributed by atoms with Crippen LogP contribution in [-0.4, -0.2) is 9.78 Å². The van der Waals surface area contributed by atoms with Gasteiger partial charge in [-0.25, -0.2) is 9.07 Å². The van der Waals surface area contributed by atoms with E-state index in [4.69, 9.17) is 5.73 Å². The molecular formula is C10H10FN3. The summed E-state index contributed by atoms with van der Waals surface area (Å²) in [7, 11) is 0. The molecule has 0 fully saturated rings. The van der Waals surface area contributed by atoms with Gasteiger partial charge in [-0.2, -0.15) is 5.10 Å². The zero-order valence-electron chi connectivity index (χ0n) is 7.52. The second-order valence-electron chi connectivity index (χ2n) is 2.94. The topological polar surface area (TPSA) is 43.8 Å². The number of hydrogen-bond donors (Lipinski definition) is 1. The van der Waals surface area contributed by atoms with E-state index in [0.29, 0.717) is 12.2 Å². The minimum atomic E-state index is -0.271. The summed E-state index contributed by atoms with van der Waals surface area (Å²) < 4.78 is 14.5. The van der Waals surface area contributed by atoms with Crippen LogP contribution in [0, 0.1) is 5.82 Å². The van der Waals surface area contributed by atoms with E-state index in [1.165, 1.54) is 12.1 Å². The maximum absolute atomic E-state index is 12.9. The van der Waals surface area contributed by atoms with Crippen LogP contribution in [0.1, 0.15) is 5.69 Å². The van der Waals surface area contributed by atoms with E-state index in [1.54, 1.807) is 23.0 Å². The quantitative estimate of drug-likeness (QED) is 0.781. The fourth-order valence-electron chi connectivity index (χ4n) is 1.23. The fourth-order valence-corrected chi connectivity index (χ4v) is 1.23. The van der Waals surface area contributed by atoms with Crippen LogP contribution in [0.15, 0.2) is 36.5 Å². The Labute approximate surface area is 81.0 Å². The maximum atomic E-state index is 12.9. The molecule has 0 saturated heterocycles. The molecule has 1 aromatic carbocycles. The summed E-state index contributed by atoms with van der Waals surface area (Å²) in [5.41, 5.74) is 6.91. The Morgan fingerprint density at radius 2 is 2.21 bits per heavy atom. The predicted octanol–water partition coefficient (Wildman–Crippen LogP) is 1.47. The van der Waals surface area contributed by atoms with Crippen LogP contribution in [0.2, 0.25) is 0 Å². The van der Waals surface area contributed by atoms with E-state index in [-0.39, 0.29) is 5.82 Å². The molecule has 14 heavy (non-hydrogen) atoms. The Bertz CT molecular complexity index is 436. The van der Waals surface area contributed by atoms with Crippen LogP contribution < -0.4 is 5.73 Å². The molecule has 0 spiro atoms. The van der Waals surface area contributed by atoms with Crippen LogP contribution >= 0.6 is 0 Å². The minimum absolute atomic E-state index is 0.271. The summed E-state index contributed by atoms with van der Waals surface area (Å²) >= 11 is 0. The summed E-state index contributed by atoms with van der Waals surface area (Å²) in [6.45, 7) is 0.391. The third-order valence-electron chi connectivity index (χ3n) is 1.93. The smallest absolute Gasteiger partial charge is 0.125 e. The highest BCUT2D eigenvalue weighted by Gasteiger charge is 2.00. The molecule has 2 rings (SSSR count). The molecule has 4 heteroatoms. The Morgan fingerprint density at radius 3 is 2.86 bits per heavy atom. The van der Waals surface area contributed by atoms with E-state index in [2.05, 4.69) is 5.10 Å². The van der Waals surface area contributed by atoms with E-state index >= 15 is 0 Å². The molecule has 0 saturated carbocycles. The van der Waals surface area contributed by atoms with Crippen molar-refractivity contribution in [2.45, 2.75) is 6.54 Å². The molecule has 2 N–H and O–H groups in total. The Kier molecular flexibility index (Phi) is 2.28. The van der Waals surface area contributed by atoms with Crippen molar-refractivity contribution in [3.8, 4) is 5.69 Å². The lowest BCUT2D eigenvalue weighted by Gasteiger charge is -2.00. The molecule has 0 aliphatic rings. The summed E-state index contributed by atoms with van der Waals surface area (Å²) in [6, 6.07) is 8.07. The van der Waals surface area contributed by atoms with Crippen LogP contribution in [0.3, 0.4) is 0 Å². The van der Waals surface area contributed by atoms with E-state index in [9.17, 15) is 4.39 Å². The molecule has 0 unspecified atom stereocenters. The van der Waals surface area contributed by atoms with Gasteiger partial charge in [0.1, 0.15) is 5.82 Å². The molecule has 0 atom stereocenters. The predicted molar refractivity (Wildman–Crippen MR) is 51.4 cm³/mol. The molecule has 2 aromatic rings. The van der Waals surface area contributed by atoms with Crippen LogP contribution in [-0.2, 0) is 6.54 Å². The standard InChI is InChI=1S/C10H10FN3/c11-8-2-1-3-10(6-8)14-5-4-9(7-12)13-14/h1-6H,7,12H2. The van der Waals surface area contributed by atoms with Crippen molar-refractivity contribution < 1.29 is 4.39 Å². The van der Waals surface area contributed by atoms with Gasteiger partial charge in [0.05, 0.1) is 11.4 Å². The summed E-state index contributed by atoms with van der Waals surface area (Å²) in [5, 5.41) is 4.17.